The van der Waals surface area contributed by atoms with Gasteiger partial charge in [0.05, 0.1) is 12.1 Å². The highest BCUT2D eigenvalue weighted by atomic mass is 19.1. The third-order valence-electron chi connectivity index (χ3n) is 9.44. The molecule has 0 spiro atoms. The Bertz CT molecular complexity index is 1630. The summed E-state index contributed by atoms with van der Waals surface area (Å²) in [6.07, 6.45) is 4.11. The number of alkyl halides is 1. The fourth-order valence-electron chi connectivity index (χ4n) is 6.46. The number of likely N-dealkylation sites (tertiary alicyclic amines) is 1. The van der Waals surface area contributed by atoms with Crippen LogP contribution in [0.4, 0.5) is 19.4 Å². The van der Waals surface area contributed by atoms with E-state index in [0.717, 1.165) is 18.7 Å². The summed E-state index contributed by atoms with van der Waals surface area (Å²) in [4.78, 5) is 49.7. The van der Waals surface area contributed by atoms with E-state index in [9.17, 15) is 19.5 Å². The second-order valence-corrected chi connectivity index (χ2v) is 12.8. The molecule has 0 radical (unpaired) electrons. The molecule has 2 fully saturated rings. The van der Waals surface area contributed by atoms with Gasteiger partial charge in [0.1, 0.15) is 29.4 Å². The van der Waals surface area contributed by atoms with Crippen molar-refractivity contribution in [3.63, 3.8) is 0 Å². The number of fused-ring (bicyclic) bond motifs is 2. The summed E-state index contributed by atoms with van der Waals surface area (Å²) in [6, 6.07) is 6.86. The molecule has 0 unspecified atom stereocenters. The third-order valence-corrected chi connectivity index (χ3v) is 9.44. The van der Waals surface area contributed by atoms with Gasteiger partial charge in [-0.05, 0) is 73.4 Å². The molecule has 4 amide bonds. The topological polar surface area (TPSA) is 128 Å². The van der Waals surface area contributed by atoms with Crippen LogP contribution in [0.3, 0.4) is 0 Å². The van der Waals surface area contributed by atoms with E-state index in [4.69, 9.17) is 0 Å². The number of carbonyl (C=O) groups is 3. The maximum absolute atomic E-state index is 15.5. The zero-order valence-electron chi connectivity index (χ0n) is 25.5. The van der Waals surface area contributed by atoms with Crippen molar-refractivity contribution >= 4 is 34.6 Å². The number of hydrogen-bond acceptors (Lipinski definition) is 7. The Hall–Kier alpha value is -4.03. The van der Waals surface area contributed by atoms with Crippen molar-refractivity contribution in [2.24, 2.45) is 5.92 Å². The highest BCUT2D eigenvalue weighted by Gasteiger charge is 2.38. The Balaban J connectivity index is 1.25. The number of aromatic nitrogens is 2. The average Bonchev–Trinajstić information content (AvgIpc) is 3.36. The van der Waals surface area contributed by atoms with Gasteiger partial charge in [-0.1, -0.05) is 19.9 Å². The molecule has 2 saturated heterocycles. The molecule has 2 aromatic heterocycles. The van der Waals surface area contributed by atoms with Crippen molar-refractivity contribution in [1.29, 1.82) is 0 Å². The molecule has 4 heterocycles. The van der Waals surface area contributed by atoms with Crippen LogP contribution >= 0.6 is 0 Å². The highest BCUT2D eigenvalue weighted by molar-refractivity contribution is 6.11. The fourth-order valence-corrected chi connectivity index (χ4v) is 6.46. The summed E-state index contributed by atoms with van der Waals surface area (Å²) >= 11 is 0. The third kappa shape index (κ3) is 6.53. The predicted molar refractivity (Wildman–Crippen MR) is 164 cm³/mol. The van der Waals surface area contributed by atoms with Crippen LogP contribution in [0, 0.1) is 11.7 Å². The van der Waals surface area contributed by atoms with Gasteiger partial charge in [-0.25, -0.2) is 23.5 Å². The molecule has 0 bridgehead atoms. The van der Waals surface area contributed by atoms with Crippen molar-refractivity contribution < 1.29 is 28.3 Å². The lowest BCUT2D eigenvalue weighted by molar-refractivity contribution is -0.117. The van der Waals surface area contributed by atoms with Crippen molar-refractivity contribution in [1.82, 2.24) is 25.5 Å². The van der Waals surface area contributed by atoms with Gasteiger partial charge in [0.2, 0.25) is 5.91 Å². The fraction of sp³-hybridized carbons (Fsp3) is 0.485. The van der Waals surface area contributed by atoms with E-state index >= 15 is 8.78 Å². The molecule has 3 aliphatic rings. The normalized spacial score (nSPS) is 21.7. The number of hydrogen-bond donors (Lipinski definition) is 3. The number of urea groups is 1. The lowest BCUT2D eigenvalue weighted by Gasteiger charge is -2.34. The molecule has 1 aliphatic carbocycles. The molecule has 2 atom stereocenters. The molecule has 0 saturated carbocycles. The molecule has 6 rings (SSSR count). The van der Waals surface area contributed by atoms with Gasteiger partial charge in [0.15, 0.2) is 0 Å². The number of carbonyl (C=O) groups excluding carboxylic acids is 3. The largest absolute Gasteiger partial charge is 0.393 e. The van der Waals surface area contributed by atoms with Gasteiger partial charge < -0.3 is 15.3 Å². The van der Waals surface area contributed by atoms with Crippen LogP contribution in [-0.4, -0.2) is 75.8 Å². The van der Waals surface area contributed by atoms with E-state index in [2.05, 4.69) is 25.5 Å². The Morgan fingerprint density at radius 2 is 1.98 bits per heavy atom. The van der Waals surface area contributed by atoms with Crippen LogP contribution in [-0.2, 0) is 17.6 Å². The van der Waals surface area contributed by atoms with Crippen LogP contribution in [0.1, 0.15) is 72.8 Å². The standard InChI is InChI=1S/C33H38F2N6O4/c1-19(2)33(35)9-5-26-23(16-33)14-21-13-22(15-25(34)30(21)37-26)31(44)38-27(8-12-40-10-6-24(42)7-11-40)20-3-4-28(36-17-20)41-18-29(43)39-32(41)45/h3-4,13-15,17,19,24,27,42H,5-12,16,18H2,1-2H3,(H,38,44)(H,39,43,45)/t27-,33+/m1/s1. The SMILES string of the molecule is CC(C)[C@]1(F)CCc2nc3c(F)cc(C(=O)N[C@H](CCN4CCC(O)CC4)c4ccc(N5CC(=O)NC5=O)nc4)cc3cc2C1. The molecule has 45 heavy (non-hydrogen) atoms. The first-order chi connectivity index (χ1) is 21.5. The number of nitrogens with one attached hydrogen (secondary N) is 2. The number of aliphatic hydroxyl groups is 1. The average molecular weight is 621 g/mol. The van der Waals surface area contributed by atoms with Crippen LogP contribution in [0.5, 0.6) is 0 Å². The summed E-state index contributed by atoms with van der Waals surface area (Å²) in [6.45, 7) is 5.72. The number of piperidine rings is 1. The molecule has 1 aromatic carbocycles. The molecular formula is C33H38F2N6O4. The first-order valence-electron chi connectivity index (χ1n) is 15.6. The zero-order valence-corrected chi connectivity index (χ0v) is 25.5. The molecule has 12 heteroatoms. The molecule has 238 valence electrons. The van der Waals surface area contributed by atoms with E-state index in [-0.39, 0.29) is 36.1 Å². The minimum absolute atomic E-state index is 0.121. The Morgan fingerprint density at radius 3 is 2.64 bits per heavy atom. The molecule has 3 aromatic rings. The van der Waals surface area contributed by atoms with Crippen LogP contribution in [0.15, 0.2) is 36.5 Å². The molecule has 2 aliphatic heterocycles. The predicted octanol–water partition coefficient (Wildman–Crippen LogP) is 4.00. The lowest BCUT2D eigenvalue weighted by Crippen LogP contribution is -2.38. The maximum Gasteiger partial charge on any atom is 0.330 e. The van der Waals surface area contributed by atoms with Gasteiger partial charge in [-0.15, -0.1) is 0 Å². The number of benzene rings is 1. The van der Waals surface area contributed by atoms with Crippen molar-refractivity contribution in [2.75, 3.05) is 31.1 Å². The quantitative estimate of drug-likeness (QED) is 0.325. The summed E-state index contributed by atoms with van der Waals surface area (Å²) in [7, 11) is 0. The number of aryl methyl sites for hydroxylation is 1. The summed E-state index contributed by atoms with van der Waals surface area (Å²) in [5, 5.41) is 15.6. The van der Waals surface area contributed by atoms with Gasteiger partial charge in [0, 0.05) is 48.9 Å². The number of aliphatic hydroxyl groups excluding tert-OH is 1. The van der Waals surface area contributed by atoms with E-state index in [1.165, 1.54) is 11.0 Å². The van der Waals surface area contributed by atoms with Gasteiger partial charge in [-0.2, -0.15) is 0 Å². The van der Waals surface area contributed by atoms with Crippen molar-refractivity contribution in [2.45, 2.75) is 70.2 Å². The highest BCUT2D eigenvalue weighted by Crippen LogP contribution is 2.38. The van der Waals surface area contributed by atoms with E-state index in [1.807, 2.05) is 13.8 Å². The number of halogens is 2. The summed E-state index contributed by atoms with van der Waals surface area (Å²) < 4.78 is 30.9. The summed E-state index contributed by atoms with van der Waals surface area (Å²) in [5.41, 5.74) is 1.05. The Morgan fingerprint density at radius 1 is 1.20 bits per heavy atom. The minimum atomic E-state index is -1.35. The molecule has 3 N–H and O–H groups in total. The van der Waals surface area contributed by atoms with Crippen LogP contribution < -0.4 is 15.5 Å². The monoisotopic (exact) mass is 620 g/mol. The molecule has 10 nitrogen and oxygen atoms in total. The van der Waals surface area contributed by atoms with Crippen LogP contribution in [0.25, 0.3) is 10.9 Å². The number of rotatable bonds is 8. The maximum atomic E-state index is 15.5. The Labute approximate surface area is 260 Å². The van der Waals surface area contributed by atoms with E-state index in [0.29, 0.717) is 61.1 Å². The summed E-state index contributed by atoms with van der Waals surface area (Å²) in [5.74, 6) is -1.37. The van der Waals surface area contributed by atoms with E-state index < -0.39 is 35.4 Å². The van der Waals surface area contributed by atoms with Gasteiger partial charge in [0.25, 0.3) is 5.91 Å². The van der Waals surface area contributed by atoms with Gasteiger partial charge >= 0.3 is 6.03 Å². The van der Waals surface area contributed by atoms with Crippen LogP contribution in [0.2, 0.25) is 0 Å². The number of nitrogens with zero attached hydrogens (tertiary/aromatic N) is 4. The first kappa shape index (κ1) is 31.0. The molecular weight excluding hydrogens is 582 g/mol. The lowest BCUT2D eigenvalue weighted by atomic mass is 9.77. The number of amides is 4. The second kappa shape index (κ2) is 12.4. The zero-order chi connectivity index (χ0) is 31.9. The van der Waals surface area contributed by atoms with Gasteiger partial charge in [-0.3, -0.25) is 19.8 Å². The number of anilines is 1. The smallest absolute Gasteiger partial charge is 0.330 e. The number of imide groups is 1. The van der Waals surface area contributed by atoms with Crippen molar-refractivity contribution in [3.05, 3.63) is 64.7 Å². The van der Waals surface area contributed by atoms with E-state index in [1.54, 1.807) is 30.5 Å². The first-order valence-corrected chi connectivity index (χ1v) is 15.6. The van der Waals surface area contributed by atoms with Crippen molar-refractivity contribution in [3.8, 4) is 0 Å². The minimum Gasteiger partial charge on any atom is -0.393 e. The second-order valence-electron chi connectivity index (χ2n) is 12.8. The number of pyridine rings is 2. The Kier molecular flexibility index (Phi) is 8.53.